The third-order valence-electron chi connectivity index (χ3n) is 2.99. The lowest BCUT2D eigenvalue weighted by atomic mass is 10.2. The molecule has 0 fully saturated rings. The highest BCUT2D eigenvalue weighted by Crippen LogP contribution is 2.00. The summed E-state index contributed by atoms with van der Waals surface area (Å²) in [5.41, 5.74) is 4.34. The third kappa shape index (κ3) is 10.7. The molecule has 0 spiro atoms. The van der Waals surface area contributed by atoms with Crippen LogP contribution in [0.4, 0.5) is 0 Å². The molecule has 1 heteroatoms. The minimum Gasteiger partial charge on any atom is -0.372 e. The summed E-state index contributed by atoms with van der Waals surface area (Å²) in [6.45, 7) is 3.48. The van der Waals surface area contributed by atoms with E-state index in [1.165, 1.54) is 24.8 Å². The van der Waals surface area contributed by atoms with Crippen molar-refractivity contribution < 1.29 is 4.74 Å². The van der Waals surface area contributed by atoms with Crippen molar-refractivity contribution in [1.29, 1.82) is 0 Å². The van der Waals surface area contributed by atoms with Gasteiger partial charge in [0, 0.05) is 12.8 Å². The molecule has 0 aliphatic heterocycles. The van der Waals surface area contributed by atoms with Crippen molar-refractivity contribution in [2.45, 2.75) is 52.1 Å². The number of ether oxygens (including phenoxy) is 1. The summed E-state index contributed by atoms with van der Waals surface area (Å²) in [4.78, 5) is 0. The lowest BCUT2D eigenvalue weighted by Gasteiger charge is -1.99. The third-order valence-corrected chi connectivity index (χ3v) is 2.99. The first-order valence-electron chi connectivity index (χ1n) is 7.90. The van der Waals surface area contributed by atoms with Gasteiger partial charge in [-0.3, -0.25) is 0 Å². The number of hydrogen-bond acceptors (Lipinski definition) is 1. The van der Waals surface area contributed by atoms with Gasteiger partial charge in [0.2, 0.25) is 0 Å². The van der Waals surface area contributed by atoms with E-state index in [1.54, 1.807) is 0 Å². The second-order valence-electron chi connectivity index (χ2n) is 4.92. The van der Waals surface area contributed by atoms with Crippen LogP contribution < -0.4 is 0 Å². The number of benzene rings is 1. The molecule has 0 heterocycles. The highest BCUT2D eigenvalue weighted by molar-refractivity contribution is 5.13. The maximum atomic E-state index is 5.54. The summed E-state index contributed by atoms with van der Waals surface area (Å²) in [6, 6.07) is 10.2. The van der Waals surface area contributed by atoms with E-state index in [1.807, 2.05) is 30.4 Å². The van der Waals surface area contributed by atoms with Crippen molar-refractivity contribution in [2.24, 2.45) is 0 Å². The predicted molar refractivity (Wildman–Crippen MR) is 89.9 cm³/mol. The lowest BCUT2D eigenvalue weighted by Crippen LogP contribution is -1.91. The molecule has 0 saturated heterocycles. The lowest BCUT2D eigenvalue weighted by molar-refractivity contribution is 0.149. The van der Waals surface area contributed by atoms with Gasteiger partial charge < -0.3 is 4.74 Å². The van der Waals surface area contributed by atoms with Crippen LogP contribution >= 0.6 is 0 Å². The van der Waals surface area contributed by atoms with Crippen molar-refractivity contribution in [2.75, 3.05) is 6.61 Å². The average Bonchev–Trinajstić information content (AvgIpc) is 2.53. The Labute approximate surface area is 129 Å². The Morgan fingerprint density at radius 3 is 2.62 bits per heavy atom. The SMILES string of the molecule is CCCCCC#CCCC=C=CCOCc1ccccc1. The van der Waals surface area contributed by atoms with Crippen molar-refractivity contribution >= 4 is 0 Å². The molecule has 21 heavy (non-hydrogen) atoms. The zero-order chi connectivity index (χ0) is 15.0. The van der Waals surface area contributed by atoms with E-state index in [2.05, 4.69) is 36.6 Å². The van der Waals surface area contributed by atoms with Gasteiger partial charge in [0.25, 0.3) is 0 Å². The molecule has 0 aliphatic rings. The van der Waals surface area contributed by atoms with Crippen LogP contribution in [-0.4, -0.2) is 6.61 Å². The van der Waals surface area contributed by atoms with E-state index < -0.39 is 0 Å². The Hall–Kier alpha value is -1.74. The molecule has 1 aromatic rings. The summed E-state index contributed by atoms with van der Waals surface area (Å²) < 4.78 is 5.54. The van der Waals surface area contributed by atoms with Crippen molar-refractivity contribution in [3.05, 3.63) is 53.8 Å². The molecule has 1 aromatic carbocycles. The number of unbranched alkanes of at least 4 members (excludes halogenated alkanes) is 4. The molecule has 0 saturated carbocycles. The van der Waals surface area contributed by atoms with Crippen molar-refractivity contribution in [3.63, 3.8) is 0 Å². The Morgan fingerprint density at radius 2 is 1.81 bits per heavy atom. The summed E-state index contributed by atoms with van der Waals surface area (Å²) >= 11 is 0. The van der Waals surface area contributed by atoms with Crippen molar-refractivity contribution in [1.82, 2.24) is 0 Å². The fourth-order valence-corrected chi connectivity index (χ4v) is 1.81. The molecular weight excluding hydrogens is 256 g/mol. The van der Waals surface area contributed by atoms with Gasteiger partial charge in [-0.15, -0.1) is 17.6 Å². The zero-order valence-electron chi connectivity index (χ0n) is 13.1. The molecule has 1 rings (SSSR count). The van der Waals surface area contributed by atoms with Crippen LogP contribution in [0.1, 0.15) is 51.0 Å². The fraction of sp³-hybridized carbons (Fsp3) is 0.450. The standard InChI is InChI=1S/C20H26O/c1-2-3-4-5-6-7-8-9-10-11-15-18-21-19-20-16-13-12-14-17-20/h10,12-17H,2-5,8-9,18-19H2,1H3. The van der Waals surface area contributed by atoms with Crippen LogP contribution in [0.3, 0.4) is 0 Å². The molecule has 0 bridgehead atoms. The molecule has 0 radical (unpaired) electrons. The summed E-state index contributed by atoms with van der Waals surface area (Å²) in [5, 5.41) is 0. The fourth-order valence-electron chi connectivity index (χ4n) is 1.81. The Kier molecular flexibility index (Phi) is 10.9. The van der Waals surface area contributed by atoms with Gasteiger partial charge in [-0.25, -0.2) is 0 Å². The average molecular weight is 282 g/mol. The summed E-state index contributed by atoms with van der Waals surface area (Å²) in [6.07, 6.45) is 10.7. The second-order valence-corrected chi connectivity index (χ2v) is 4.92. The normalized spacial score (nSPS) is 9.38. The molecule has 0 atom stereocenters. The minimum atomic E-state index is 0.605. The molecule has 1 nitrogen and oxygen atoms in total. The van der Waals surface area contributed by atoms with Crippen LogP contribution in [0.5, 0.6) is 0 Å². The molecule has 0 N–H and O–H groups in total. The molecule has 112 valence electrons. The van der Waals surface area contributed by atoms with Crippen LogP contribution in [0.25, 0.3) is 0 Å². The van der Waals surface area contributed by atoms with E-state index >= 15 is 0 Å². The van der Waals surface area contributed by atoms with Crippen LogP contribution in [0.2, 0.25) is 0 Å². The molecule has 0 aromatic heterocycles. The molecular formula is C20H26O. The Balaban J connectivity index is 2.00. The first kappa shape index (κ1) is 17.3. The van der Waals surface area contributed by atoms with E-state index in [0.29, 0.717) is 13.2 Å². The van der Waals surface area contributed by atoms with Crippen LogP contribution in [0, 0.1) is 11.8 Å². The molecule has 0 unspecified atom stereocenters. The Bertz CT molecular complexity index is 470. The van der Waals surface area contributed by atoms with Gasteiger partial charge in [0.05, 0.1) is 13.2 Å². The summed E-state index contributed by atoms with van der Waals surface area (Å²) in [7, 11) is 0. The van der Waals surface area contributed by atoms with E-state index in [0.717, 1.165) is 19.3 Å². The van der Waals surface area contributed by atoms with Crippen molar-refractivity contribution in [3.8, 4) is 11.8 Å². The van der Waals surface area contributed by atoms with Crippen LogP contribution in [-0.2, 0) is 11.3 Å². The second kappa shape index (κ2) is 13.3. The first-order valence-corrected chi connectivity index (χ1v) is 7.90. The maximum Gasteiger partial charge on any atom is 0.0725 e. The predicted octanol–water partition coefficient (Wildman–Crippen LogP) is 5.28. The topological polar surface area (TPSA) is 9.23 Å². The monoisotopic (exact) mass is 282 g/mol. The largest absolute Gasteiger partial charge is 0.372 e. The first-order chi connectivity index (χ1) is 10.4. The smallest absolute Gasteiger partial charge is 0.0725 e. The highest BCUT2D eigenvalue weighted by Gasteiger charge is 1.88. The number of hydrogen-bond donors (Lipinski definition) is 0. The van der Waals surface area contributed by atoms with E-state index in [9.17, 15) is 0 Å². The van der Waals surface area contributed by atoms with Gasteiger partial charge >= 0.3 is 0 Å². The quantitative estimate of drug-likeness (QED) is 0.340. The molecule has 0 amide bonds. The van der Waals surface area contributed by atoms with Gasteiger partial charge in [0.1, 0.15) is 0 Å². The Morgan fingerprint density at radius 1 is 1.00 bits per heavy atom. The molecule has 0 aliphatic carbocycles. The van der Waals surface area contributed by atoms with Gasteiger partial charge in [-0.05, 0) is 30.6 Å². The van der Waals surface area contributed by atoms with E-state index in [4.69, 9.17) is 4.74 Å². The van der Waals surface area contributed by atoms with Gasteiger partial charge in [0.15, 0.2) is 0 Å². The van der Waals surface area contributed by atoms with Crippen LogP contribution in [0.15, 0.2) is 48.2 Å². The van der Waals surface area contributed by atoms with Gasteiger partial charge in [-0.2, -0.15) is 0 Å². The maximum absolute atomic E-state index is 5.54. The zero-order valence-corrected chi connectivity index (χ0v) is 13.1. The van der Waals surface area contributed by atoms with Gasteiger partial charge in [-0.1, -0.05) is 50.1 Å². The highest BCUT2D eigenvalue weighted by atomic mass is 16.5. The number of rotatable bonds is 9. The minimum absolute atomic E-state index is 0.605. The van der Waals surface area contributed by atoms with E-state index in [-0.39, 0.29) is 0 Å². The summed E-state index contributed by atoms with van der Waals surface area (Å²) in [5.74, 6) is 6.42.